The van der Waals surface area contributed by atoms with Crippen LogP contribution in [0.4, 0.5) is 5.69 Å². The lowest BCUT2D eigenvalue weighted by Crippen LogP contribution is -2.42. The van der Waals surface area contributed by atoms with Crippen LogP contribution in [0.5, 0.6) is 0 Å². The zero-order chi connectivity index (χ0) is 21.0. The number of carbonyl (C=O) groups is 2. The minimum absolute atomic E-state index is 0.0146. The molecule has 3 rings (SSSR count). The van der Waals surface area contributed by atoms with Crippen molar-refractivity contribution < 1.29 is 9.59 Å². The lowest BCUT2D eigenvalue weighted by molar-refractivity contribution is -0.139. The molecule has 0 saturated carbocycles. The predicted octanol–water partition coefficient (Wildman–Crippen LogP) is 2.37. The number of anilines is 1. The van der Waals surface area contributed by atoms with Crippen LogP contribution in [0, 0.1) is 0 Å². The number of carbonyl (C=O) groups excluding carboxylic acids is 2. The Balaban J connectivity index is 1.56. The molecule has 1 aliphatic rings. The quantitative estimate of drug-likeness (QED) is 0.712. The lowest BCUT2D eigenvalue weighted by Gasteiger charge is -2.26. The van der Waals surface area contributed by atoms with E-state index in [9.17, 15) is 9.59 Å². The van der Waals surface area contributed by atoms with Gasteiger partial charge in [0, 0.05) is 37.4 Å². The third kappa shape index (κ3) is 5.28. The number of halogens is 1. The number of hydrogen-bond acceptors (Lipinski definition) is 4. The van der Waals surface area contributed by atoms with Crippen molar-refractivity contribution in [3.63, 3.8) is 0 Å². The van der Waals surface area contributed by atoms with Gasteiger partial charge in [-0.1, -0.05) is 35.9 Å². The molecule has 0 aliphatic carbocycles. The molecule has 2 amide bonds. The van der Waals surface area contributed by atoms with Crippen LogP contribution in [0.3, 0.4) is 0 Å². The first-order valence-corrected chi connectivity index (χ1v) is 10.0. The summed E-state index contributed by atoms with van der Waals surface area (Å²) in [5, 5.41) is 6.03. The van der Waals surface area contributed by atoms with E-state index in [2.05, 4.69) is 40.8 Å². The van der Waals surface area contributed by atoms with Crippen LogP contribution < -0.4 is 15.5 Å². The van der Waals surface area contributed by atoms with Gasteiger partial charge in [0.15, 0.2) is 0 Å². The van der Waals surface area contributed by atoms with Crippen LogP contribution in [-0.2, 0) is 22.6 Å². The summed E-state index contributed by atoms with van der Waals surface area (Å²) >= 11 is 5.85. The van der Waals surface area contributed by atoms with Crippen molar-refractivity contribution in [2.45, 2.75) is 19.0 Å². The molecule has 1 aliphatic heterocycles. The van der Waals surface area contributed by atoms with Crippen LogP contribution in [0.1, 0.15) is 22.7 Å². The third-order valence-corrected chi connectivity index (χ3v) is 5.52. The Morgan fingerprint density at radius 3 is 2.48 bits per heavy atom. The summed E-state index contributed by atoms with van der Waals surface area (Å²) in [5.74, 6) is -1.28. The molecule has 0 unspecified atom stereocenters. The first kappa shape index (κ1) is 21.1. The molecule has 2 N–H and O–H groups in total. The maximum atomic E-state index is 12.2. The first-order valence-electron chi connectivity index (χ1n) is 9.66. The van der Waals surface area contributed by atoms with Gasteiger partial charge < -0.3 is 20.4 Å². The molecular formula is C22H27ClN4O2. The Bertz CT molecular complexity index is 883. The molecule has 29 heavy (non-hydrogen) atoms. The number of nitrogens with zero attached hydrogens (tertiary/aromatic N) is 2. The predicted molar refractivity (Wildman–Crippen MR) is 116 cm³/mol. The van der Waals surface area contributed by atoms with Gasteiger partial charge >= 0.3 is 11.8 Å². The summed E-state index contributed by atoms with van der Waals surface area (Å²) in [5.41, 5.74) is 4.59. The van der Waals surface area contributed by atoms with Crippen LogP contribution in [-0.4, -0.2) is 50.9 Å². The maximum absolute atomic E-state index is 12.2. The second kappa shape index (κ2) is 9.29. The average molecular weight is 415 g/mol. The number of nitrogens with one attached hydrogen (secondary N) is 2. The summed E-state index contributed by atoms with van der Waals surface area (Å²) in [4.78, 5) is 28.7. The Kier molecular flexibility index (Phi) is 6.77. The SMILES string of the molecule is CN1CCc2cc([C@H](CNC(=O)C(=O)NCc3ccc(Cl)cc3)N(C)C)ccc21. The smallest absolute Gasteiger partial charge is 0.309 e. The van der Waals surface area contributed by atoms with Crippen LogP contribution in [0.25, 0.3) is 0 Å². The van der Waals surface area contributed by atoms with Crippen molar-refractivity contribution in [1.29, 1.82) is 0 Å². The van der Waals surface area contributed by atoms with E-state index < -0.39 is 11.8 Å². The van der Waals surface area contributed by atoms with E-state index in [0.717, 1.165) is 24.1 Å². The van der Waals surface area contributed by atoms with Crippen molar-refractivity contribution in [3.8, 4) is 0 Å². The highest BCUT2D eigenvalue weighted by Crippen LogP contribution is 2.30. The van der Waals surface area contributed by atoms with E-state index in [1.807, 2.05) is 31.1 Å². The Morgan fingerprint density at radius 2 is 1.79 bits per heavy atom. The standard InChI is InChI=1S/C22H27ClN4O2/c1-26(2)20(16-6-9-19-17(12-16)10-11-27(19)3)14-25-22(29)21(28)24-13-15-4-7-18(23)8-5-15/h4-9,12,20H,10-11,13-14H2,1-3H3,(H,24,28)(H,25,29)/t20-/m0/s1. The van der Waals surface area contributed by atoms with Crippen molar-refractivity contribution in [3.05, 3.63) is 64.2 Å². The summed E-state index contributed by atoms with van der Waals surface area (Å²) in [6.45, 7) is 1.66. The fourth-order valence-electron chi connectivity index (χ4n) is 3.53. The van der Waals surface area contributed by atoms with Crippen molar-refractivity contribution in [2.75, 3.05) is 39.1 Å². The van der Waals surface area contributed by atoms with Gasteiger partial charge in [-0.3, -0.25) is 9.59 Å². The monoisotopic (exact) mass is 414 g/mol. The molecule has 154 valence electrons. The zero-order valence-electron chi connectivity index (χ0n) is 17.0. The average Bonchev–Trinajstić information content (AvgIpc) is 3.07. The van der Waals surface area contributed by atoms with Gasteiger partial charge in [-0.2, -0.15) is 0 Å². The molecule has 0 aromatic heterocycles. The molecule has 7 heteroatoms. The minimum Gasteiger partial charge on any atom is -0.374 e. The van der Waals surface area contributed by atoms with Gasteiger partial charge in [-0.15, -0.1) is 0 Å². The Labute approximate surface area is 176 Å². The van der Waals surface area contributed by atoms with E-state index in [-0.39, 0.29) is 12.6 Å². The molecule has 0 bridgehead atoms. The molecule has 1 atom stereocenters. The van der Waals surface area contributed by atoms with Gasteiger partial charge in [0.2, 0.25) is 0 Å². The number of fused-ring (bicyclic) bond motifs is 1. The topological polar surface area (TPSA) is 64.7 Å². The highest BCUT2D eigenvalue weighted by Gasteiger charge is 2.22. The minimum atomic E-state index is -0.645. The summed E-state index contributed by atoms with van der Waals surface area (Å²) < 4.78 is 0. The van der Waals surface area contributed by atoms with Gasteiger partial charge in [-0.25, -0.2) is 0 Å². The number of likely N-dealkylation sites (N-methyl/N-ethyl adjacent to an activating group) is 2. The van der Waals surface area contributed by atoms with E-state index in [1.165, 1.54) is 11.3 Å². The van der Waals surface area contributed by atoms with Crippen molar-refractivity contribution in [1.82, 2.24) is 15.5 Å². The van der Waals surface area contributed by atoms with Crippen molar-refractivity contribution >= 4 is 29.1 Å². The Morgan fingerprint density at radius 1 is 1.10 bits per heavy atom. The van der Waals surface area contributed by atoms with E-state index in [4.69, 9.17) is 11.6 Å². The summed E-state index contributed by atoms with van der Waals surface area (Å²) in [7, 11) is 6.03. The molecule has 0 radical (unpaired) electrons. The van der Waals surface area contributed by atoms with Gasteiger partial charge in [0.25, 0.3) is 0 Å². The van der Waals surface area contributed by atoms with Crippen LogP contribution in [0.2, 0.25) is 5.02 Å². The van der Waals surface area contributed by atoms with Crippen LogP contribution in [0.15, 0.2) is 42.5 Å². The number of amides is 2. The zero-order valence-corrected chi connectivity index (χ0v) is 17.8. The molecular weight excluding hydrogens is 388 g/mol. The van der Waals surface area contributed by atoms with Crippen LogP contribution >= 0.6 is 11.6 Å². The third-order valence-electron chi connectivity index (χ3n) is 5.27. The number of benzene rings is 2. The molecule has 2 aromatic rings. The number of hydrogen-bond donors (Lipinski definition) is 2. The highest BCUT2D eigenvalue weighted by molar-refractivity contribution is 6.35. The van der Waals surface area contributed by atoms with Gasteiger partial charge in [0.05, 0.1) is 6.04 Å². The summed E-state index contributed by atoms with van der Waals surface area (Å²) in [6.07, 6.45) is 1.03. The largest absolute Gasteiger partial charge is 0.374 e. The normalized spacial score (nSPS) is 13.9. The first-order chi connectivity index (χ1) is 13.8. The second-order valence-corrected chi connectivity index (χ2v) is 7.99. The molecule has 0 spiro atoms. The van der Waals surface area contributed by atoms with E-state index >= 15 is 0 Å². The van der Waals surface area contributed by atoms with Gasteiger partial charge in [0.1, 0.15) is 0 Å². The molecule has 0 fully saturated rings. The second-order valence-electron chi connectivity index (χ2n) is 7.56. The van der Waals surface area contributed by atoms with Gasteiger partial charge in [-0.05, 0) is 55.4 Å². The molecule has 6 nitrogen and oxygen atoms in total. The van der Waals surface area contributed by atoms with E-state index in [1.54, 1.807) is 12.1 Å². The number of rotatable bonds is 6. The molecule has 1 heterocycles. The fraction of sp³-hybridized carbons (Fsp3) is 0.364. The van der Waals surface area contributed by atoms with E-state index in [0.29, 0.717) is 11.6 Å². The maximum Gasteiger partial charge on any atom is 0.309 e. The Hall–Kier alpha value is -2.57. The highest BCUT2D eigenvalue weighted by atomic mass is 35.5. The lowest BCUT2D eigenvalue weighted by atomic mass is 10.0. The summed E-state index contributed by atoms with van der Waals surface area (Å²) in [6, 6.07) is 13.5. The fourth-order valence-corrected chi connectivity index (χ4v) is 3.65. The molecule has 2 aromatic carbocycles. The van der Waals surface area contributed by atoms with Crippen molar-refractivity contribution in [2.24, 2.45) is 0 Å². The molecule has 0 saturated heterocycles.